The molecule has 1 heterocycles. The molecule has 1 aliphatic heterocycles. The highest BCUT2D eigenvalue weighted by Gasteiger charge is 2.50. The Labute approximate surface area is 173 Å². The lowest BCUT2D eigenvalue weighted by molar-refractivity contribution is -0.0103. The van der Waals surface area contributed by atoms with Crippen LogP contribution in [0.3, 0.4) is 0 Å². The molecule has 29 heavy (non-hydrogen) atoms. The average Bonchev–Trinajstić information content (AvgIpc) is 3.22. The van der Waals surface area contributed by atoms with Crippen molar-refractivity contribution in [2.45, 2.75) is 69.7 Å². The summed E-state index contributed by atoms with van der Waals surface area (Å²) >= 11 is 0. The van der Waals surface area contributed by atoms with Crippen LogP contribution in [0, 0.1) is 0 Å². The third kappa shape index (κ3) is 3.84. The molecule has 4 nitrogen and oxygen atoms in total. The number of hydrogen-bond acceptors (Lipinski definition) is 3. The fourth-order valence-electron chi connectivity index (χ4n) is 5.37. The number of hydrogen-bond donors (Lipinski definition) is 2. The van der Waals surface area contributed by atoms with Crippen molar-refractivity contribution in [2.75, 3.05) is 6.54 Å². The van der Waals surface area contributed by atoms with Crippen LogP contribution in [0.2, 0.25) is 0 Å². The van der Waals surface area contributed by atoms with E-state index in [4.69, 9.17) is 0 Å². The Morgan fingerprint density at radius 2 is 1.72 bits per heavy atom. The minimum absolute atomic E-state index is 0.116. The van der Waals surface area contributed by atoms with Crippen molar-refractivity contribution in [2.24, 2.45) is 0 Å². The molecule has 1 fully saturated rings. The summed E-state index contributed by atoms with van der Waals surface area (Å²) in [7, 11) is 0. The molecule has 2 aliphatic rings. The first kappa shape index (κ1) is 20.1. The molecule has 0 spiro atoms. The predicted molar refractivity (Wildman–Crippen MR) is 116 cm³/mol. The van der Waals surface area contributed by atoms with E-state index >= 15 is 0 Å². The van der Waals surface area contributed by atoms with Crippen LogP contribution >= 0.6 is 0 Å². The summed E-state index contributed by atoms with van der Waals surface area (Å²) < 4.78 is 0. The lowest BCUT2D eigenvalue weighted by atomic mass is 9.73. The van der Waals surface area contributed by atoms with Crippen molar-refractivity contribution in [3.05, 3.63) is 71.3 Å². The van der Waals surface area contributed by atoms with Gasteiger partial charge in [0.05, 0.1) is 0 Å². The third-order valence-corrected chi connectivity index (χ3v) is 6.74. The number of aliphatic hydroxyl groups is 1. The lowest BCUT2D eigenvalue weighted by Gasteiger charge is -2.52. The third-order valence-electron chi connectivity index (χ3n) is 6.74. The molecular formula is C25H32N2O2. The van der Waals surface area contributed by atoms with Gasteiger partial charge in [-0.1, -0.05) is 61.4 Å². The van der Waals surface area contributed by atoms with Crippen LogP contribution in [0.15, 0.2) is 54.6 Å². The largest absolute Gasteiger partial charge is 0.378 e. The molecule has 0 bridgehead atoms. The maximum atomic E-state index is 13.4. The van der Waals surface area contributed by atoms with Crippen LogP contribution in [0.25, 0.3) is 0 Å². The van der Waals surface area contributed by atoms with Gasteiger partial charge >= 0.3 is 0 Å². The number of nitrogens with one attached hydrogen (secondary N) is 1. The van der Waals surface area contributed by atoms with Crippen LogP contribution in [0.5, 0.6) is 0 Å². The Morgan fingerprint density at radius 1 is 1.07 bits per heavy atom. The van der Waals surface area contributed by atoms with E-state index in [1.807, 2.05) is 42.5 Å². The van der Waals surface area contributed by atoms with Crippen molar-refractivity contribution in [3.63, 3.8) is 0 Å². The Bertz CT molecular complexity index is 843. The van der Waals surface area contributed by atoms with Crippen LogP contribution in [-0.4, -0.2) is 40.3 Å². The van der Waals surface area contributed by atoms with Gasteiger partial charge < -0.3 is 10.0 Å². The molecule has 2 aromatic carbocycles. The molecule has 1 saturated carbocycles. The van der Waals surface area contributed by atoms with E-state index in [0.29, 0.717) is 6.54 Å². The van der Waals surface area contributed by atoms with Gasteiger partial charge in [0.25, 0.3) is 5.91 Å². The summed E-state index contributed by atoms with van der Waals surface area (Å²) in [6.45, 7) is 4.93. The van der Waals surface area contributed by atoms with E-state index in [2.05, 4.69) is 36.2 Å². The predicted octanol–water partition coefficient (Wildman–Crippen LogP) is 4.10. The molecule has 0 saturated heterocycles. The maximum absolute atomic E-state index is 13.4. The number of fused-ring (bicyclic) bond motifs is 1. The molecule has 2 aromatic rings. The van der Waals surface area contributed by atoms with E-state index in [9.17, 15) is 9.90 Å². The van der Waals surface area contributed by atoms with Crippen LogP contribution in [-0.2, 0) is 6.42 Å². The standard InChI is InChI=1S/C25H32N2O2/c1-25(2)22(23(28)26-17-16-18-10-4-3-5-11-18)20-14-8-9-15-21(20)24(29)27(25)19-12-6-7-13-19/h3-5,8-11,14-15,19,22-23,26,28H,6-7,12-13,16-17H2,1-2H3. The van der Waals surface area contributed by atoms with Crippen molar-refractivity contribution in [1.82, 2.24) is 10.2 Å². The molecule has 1 aliphatic carbocycles. The normalized spacial score (nSPS) is 22.5. The average molecular weight is 393 g/mol. The minimum atomic E-state index is -0.716. The monoisotopic (exact) mass is 392 g/mol. The lowest BCUT2D eigenvalue weighted by Crippen LogP contribution is -2.62. The Balaban J connectivity index is 1.59. The van der Waals surface area contributed by atoms with Gasteiger partial charge in [-0.05, 0) is 50.3 Å². The molecular weight excluding hydrogens is 360 g/mol. The van der Waals surface area contributed by atoms with Crippen molar-refractivity contribution >= 4 is 5.91 Å². The van der Waals surface area contributed by atoms with Gasteiger partial charge in [0.15, 0.2) is 0 Å². The first-order chi connectivity index (χ1) is 14.0. The molecule has 154 valence electrons. The Kier molecular flexibility index (Phi) is 5.75. The number of carbonyl (C=O) groups excluding carboxylic acids is 1. The van der Waals surface area contributed by atoms with E-state index in [-0.39, 0.29) is 17.9 Å². The van der Waals surface area contributed by atoms with E-state index in [0.717, 1.165) is 30.4 Å². The zero-order chi connectivity index (χ0) is 20.4. The molecule has 1 amide bonds. The number of carbonyl (C=O) groups is 1. The fourth-order valence-corrected chi connectivity index (χ4v) is 5.37. The Hall–Kier alpha value is -2.17. The summed E-state index contributed by atoms with van der Waals surface area (Å²) in [5.74, 6) is -0.0574. The van der Waals surface area contributed by atoms with Gasteiger partial charge in [0.2, 0.25) is 0 Å². The fraction of sp³-hybridized carbons (Fsp3) is 0.480. The molecule has 4 heteroatoms. The van der Waals surface area contributed by atoms with E-state index in [1.165, 1.54) is 18.4 Å². The smallest absolute Gasteiger partial charge is 0.254 e. The summed E-state index contributed by atoms with van der Waals surface area (Å²) in [4.78, 5) is 15.5. The number of nitrogens with zero attached hydrogens (tertiary/aromatic N) is 1. The molecule has 2 atom stereocenters. The van der Waals surface area contributed by atoms with Gasteiger partial charge in [0.1, 0.15) is 6.23 Å². The summed E-state index contributed by atoms with van der Waals surface area (Å²) in [5, 5.41) is 14.6. The molecule has 2 N–H and O–H groups in total. The minimum Gasteiger partial charge on any atom is -0.378 e. The number of benzene rings is 2. The quantitative estimate of drug-likeness (QED) is 0.728. The van der Waals surface area contributed by atoms with Crippen molar-refractivity contribution in [1.29, 1.82) is 0 Å². The van der Waals surface area contributed by atoms with Gasteiger partial charge in [-0.15, -0.1) is 0 Å². The van der Waals surface area contributed by atoms with E-state index < -0.39 is 11.8 Å². The summed E-state index contributed by atoms with van der Waals surface area (Å²) in [6, 6.07) is 18.4. The molecule has 4 rings (SSSR count). The SMILES string of the molecule is CC1(C)C(C(O)NCCc2ccccc2)c2ccccc2C(=O)N1C1CCCC1. The first-order valence-electron chi connectivity index (χ1n) is 10.9. The second kappa shape index (κ2) is 8.29. The second-order valence-corrected chi connectivity index (χ2v) is 8.97. The summed E-state index contributed by atoms with van der Waals surface area (Å²) in [6.07, 6.45) is 4.61. The second-order valence-electron chi connectivity index (χ2n) is 8.97. The van der Waals surface area contributed by atoms with Crippen LogP contribution < -0.4 is 5.32 Å². The number of amides is 1. The number of rotatable bonds is 6. The first-order valence-corrected chi connectivity index (χ1v) is 10.9. The summed E-state index contributed by atoms with van der Waals surface area (Å²) in [5.41, 5.74) is 2.49. The maximum Gasteiger partial charge on any atom is 0.254 e. The van der Waals surface area contributed by atoms with Gasteiger partial charge in [-0.3, -0.25) is 10.1 Å². The van der Waals surface area contributed by atoms with Gasteiger partial charge in [0, 0.05) is 29.6 Å². The highest BCUT2D eigenvalue weighted by Crippen LogP contribution is 2.45. The molecule has 0 aromatic heterocycles. The zero-order valence-corrected chi connectivity index (χ0v) is 17.5. The van der Waals surface area contributed by atoms with Gasteiger partial charge in [-0.2, -0.15) is 0 Å². The highest BCUT2D eigenvalue weighted by molar-refractivity contribution is 5.98. The highest BCUT2D eigenvalue weighted by atomic mass is 16.3. The van der Waals surface area contributed by atoms with Crippen molar-refractivity contribution < 1.29 is 9.90 Å². The zero-order valence-electron chi connectivity index (χ0n) is 17.5. The molecule has 2 unspecified atom stereocenters. The van der Waals surface area contributed by atoms with E-state index in [1.54, 1.807) is 0 Å². The van der Waals surface area contributed by atoms with Crippen LogP contribution in [0.4, 0.5) is 0 Å². The Morgan fingerprint density at radius 3 is 2.45 bits per heavy atom. The molecule has 0 radical (unpaired) electrons. The van der Waals surface area contributed by atoms with Crippen LogP contribution in [0.1, 0.15) is 66.9 Å². The number of aliphatic hydroxyl groups excluding tert-OH is 1. The topological polar surface area (TPSA) is 52.6 Å². The van der Waals surface area contributed by atoms with Gasteiger partial charge in [-0.25, -0.2) is 0 Å². The van der Waals surface area contributed by atoms with Crippen molar-refractivity contribution in [3.8, 4) is 0 Å².